The predicted octanol–water partition coefficient (Wildman–Crippen LogP) is 3.21. The van der Waals surface area contributed by atoms with Crippen LogP contribution in [0.4, 0.5) is 11.4 Å². The van der Waals surface area contributed by atoms with Crippen LogP contribution in [-0.2, 0) is 0 Å². The van der Waals surface area contributed by atoms with Gasteiger partial charge in [-0.2, -0.15) is 0 Å². The number of amides is 1. The molecule has 3 N–H and O–H groups in total. The van der Waals surface area contributed by atoms with Crippen LogP contribution < -0.4 is 20.5 Å². The number of rotatable bonds is 2. The lowest BCUT2D eigenvalue weighted by atomic mass is 10.1. The maximum atomic E-state index is 12.3. The molecule has 1 aliphatic rings. The summed E-state index contributed by atoms with van der Waals surface area (Å²) in [5.74, 6) is 0.791. The SMILES string of the molecule is Cc1ccc(C(=O)Nc2cc3c(cc2N)OCO3)c(Cl)c1. The minimum absolute atomic E-state index is 0.149. The predicted molar refractivity (Wildman–Crippen MR) is 81.1 cm³/mol. The molecule has 1 amide bonds. The molecule has 0 saturated heterocycles. The molecule has 1 heterocycles. The summed E-state index contributed by atoms with van der Waals surface area (Å²) in [7, 11) is 0. The summed E-state index contributed by atoms with van der Waals surface area (Å²) in [5.41, 5.74) is 8.13. The topological polar surface area (TPSA) is 73.6 Å². The van der Waals surface area contributed by atoms with Crippen molar-refractivity contribution in [2.24, 2.45) is 0 Å². The zero-order valence-corrected chi connectivity index (χ0v) is 12.0. The lowest BCUT2D eigenvalue weighted by molar-refractivity contribution is 0.102. The molecule has 0 aromatic heterocycles. The van der Waals surface area contributed by atoms with E-state index >= 15 is 0 Å². The molecule has 6 heteroatoms. The average Bonchev–Trinajstić information content (AvgIpc) is 2.86. The first kappa shape index (κ1) is 13.6. The van der Waals surface area contributed by atoms with Crippen LogP contribution in [-0.4, -0.2) is 12.7 Å². The van der Waals surface area contributed by atoms with Crippen LogP contribution in [0.5, 0.6) is 11.5 Å². The molecule has 2 aromatic rings. The fourth-order valence-corrected chi connectivity index (χ4v) is 2.38. The molecule has 0 atom stereocenters. The number of fused-ring (bicyclic) bond motifs is 1. The summed E-state index contributed by atoms with van der Waals surface area (Å²) in [6.07, 6.45) is 0. The quantitative estimate of drug-likeness (QED) is 0.836. The minimum atomic E-state index is -0.328. The molecule has 5 nitrogen and oxygen atoms in total. The highest BCUT2D eigenvalue weighted by atomic mass is 35.5. The molecule has 1 aliphatic heterocycles. The van der Waals surface area contributed by atoms with Crippen LogP contribution in [0.2, 0.25) is 5.02 Å². The molecule has 21 heavy (non-hydrogen) atoms. The van der Waals surface area contributed by atoms with Crippen molar-refractivity contribution in [1.29, 1.82) is 0 Å². The molecule has 0 saturated carbocycles. The monoisotopic (exact) mass is 304 g/mol. The highest BCUT2D eigenvalue weighted by Crippen LogP contribution is 2.38. The third-order valence-corrected chi connectivity index (χ3v) is 3.47. The number of ether oxygens (including phenoxy) is 2. The molecule has 0 radical (unpaired) electrons. The fourth-order valence-electron chi connectivity index (χ4n) is 2.06. The number of hydrogen-bond acceptors (Lipinski definition) is 4. The second kappa shape index (κ2) is 5.18. The fraction of sp³-hybridized carbons (Fsp3) is 0.133. The van der Waals surface area contributed by atoms with Gasteiger partial charge in [-0.25, -0.2) is 0 Å². The zero-order valence-electron chi connectivity index (χ0n) is 11.3. The molecule has 3 rings (SSSR count). The Balaban J connectivity index is 1.88. The maximum Gasteiger partial charge on any atom is 0.257 e. The summed E-state index contributed by atoms with van der Waals surface area (Å²) in [6.45, 7) is 2.05. The van der Waals surface area contributed by atoms with E-state index in [0.717, 1.165) is 5.56 Å². The largest absolute Gasteiger partial charge is 0.454 e. The zero-order chi connectivity index (χ0) is 15.0. The van der Waals surface area contributed by atoms with E-state index < -0.39 is 0 Å². The number of hydrogen-bond donors (Lipinski definition) is 2. The number of aryl methyl sites for hydroxylation is 1. The molecule has 0 aliphatic carbocycles. The van der Waals surface area contributed by atoms with E-state index in [1.807, 2.05) is 13.0 Å². The van der Waals surface area contributed by atoms with Gasteiger partial charge in [0.05, 0.1) is 22.0 Å². The first-order valence-electron chi connectivity index (χ1n) is 6.31. The highest BCUT2D eigenvalue weighted by molar-refractivity contribution is 6.34. The van der Waals surface area contributed by atoms with Crippen LogP contribution in [0.3, 0.4) is 0 Å². The maximum absolute atomic E-state index is 12.3. The number of nitrogens with one attached hydrogen (secondary N) is 1. The number of carbonyl (C=O) groups excluding carboxylic acids is 1. The van der Waals surface area contributed by atoms with Crippen molar-refractivity contribution in [2.75, 3.05) is 17.8 Å². The summed E-state index contributed by atoms with van der Waals surface area (Å²) in [5, 5.41) is 3.13. The van der Waals surface area contributed by atoms with Crippen molar-refractivity contribution in [3.8, 4) is 11.5 Å². The van der Waals surface area contributed by atoms with Gasteiger partial charge in [-0.1, -0.05) is 17.7 Å². The van der Waals surface area contributed by atoms with E-state index in [2.05, 4.69) is 5.32 Å². The van der Waals surface area contributed by atoms with Gasteiger partial charge in [0.2, 0.25) is 6.79 Å². The first-order chi connectivity index (χ1) is 10.0. The summed E-state index contributed by atoms with van der Waals surface area (Å²) >= 11 is 6.09. The Labute approximate surface area is 126 Å². The van der Waals surface area contributed by atoms with Crippen LogP contribution in [0, 0.1) is 6.92 Å². The van der Waals surface area contributed by atoms with Crippen LogP contribution in [0.15, 0.2) is 30.3 Å². The van der Waals surface area contributed by atoms with Crippen molar-refractivity contribution in [3.63, 3.8) is 0 Å². The van der Waals surface area contributed by atoms with Gasteiger partial charge in [0.1, 0.15) is 0 Å². The summed E-state index contributed by atoms with van der Waals surface area (Å²) in [4.78, 5) is 12.3. The van der Waals surface area contributed by atoms with E-state index in [9.17, 15) is 4.79 Å². The van der Waals surface area contributed by atoms with Gasteiger partial charge in [-0.15, -0.1) is 0 Å². The number of nitrogen functional groups attached to an aromatic ring is 1. The Kier molecular flexibility index (Phi) is 3.35. The van der Waals surface area contributed by atoms with Crippen molar-refractivity contribution in [2.45, 2.75) is 6.92 Å². The third-order valence-electron chi connectivity index (χ3n) is 3.16. The molecule has 0 unspecified atom stereocenters. The van der Waals surface area contributed by atoms with Crippen molar-refractivity contribution in [1.82, 2.24) is 0 Å². The number of halogens is 1. The number of anilines is 2. The van der Waals surface area contributed by atoms with Gasteiger partial charge in [-0.3, -0.25) is 4.79 Å². The second-order valence-corrected chi connectivity index (χ2v) is 5.14. The van der Waals surface area contributed by atoms with Gasteiger partial charge < -0.3 is 20.5 Å². The van der Waals surface area contributed by atoms with Crippen molar-refractivity contribution >= 4 is 28.9 Å². The Morgan fingerprint density at radius 3 is 2.67 bits per heavy atom. The standard InChI is InChI=1S/C15H13ClN2O3/c1-8-2-3-9(10(16)4-8)15(19)18-12-6-14-13(5-11(12)17)20-7-21-14/h2-6H,7,17H2,1H3,(H,18,19). The van der Waals surface area contributed by atoms with E-state index in [1.165, 1.54) is 0 Å². The number of carbonyl (C=O) groups is 1. The minimum Gasteiger partial charge on any atom is -0.454 e. The number of benzene rings is 2. The third kappa shape index (κ3) is 2.60. The molecular formula is C15H13ClN2O3. The van der Waals surface area contributed by atoms with Crippen LogP contribution in [0.25, 0.3) is 0 Å². The van der Waals surface area contributed by atoms with Gasteiger partial charge >= 0.3 is 0 Å². The van der Waals surface area contributed by atoms with Crippen molar-refractivity contribution < 1.29 is 14.3 Å². The highest BCUT2D eigenvalue weighted by Gasteiger charge is 2.18. The van der Waals surface area contributed by atoms with E-state index in [4.69, 9.17) is 26.8 Å². The molecule has 2 aromatic carbocycles. The second-order valence-electron chi connectivity index (χ2n) is 4.73. The van der Waals surface area contributed by atoms with Gasteiger partial charge in [-0.05, 0) is 24.6 Å². The molecule has 0 fully saturated rings. The Morgan fingerprint density at radius 1 is 1.24 bits per heavy atom. The molecular weight excluding hydrogens is 292 g/mol. The Hall–Kier alpha value is -2.40. The summed E-state index contributed by atoms with van der Waals surface area (Å²) in [6, 6.07) is 8.49. The molecule has 0 bridgehead atoms. The Morgan fingerprint density at radius 2 is 1.95 bits per heavy atom. The van der Waals surface area contributed by atoms with Gasteiger partial charge in [0.15, 0.2) is 11.5 Å². The lowest BCUT2D eigenvalue weighted by Gasteiger charge is -2.10. The van der Waals surface area contributed by atoms with E-state index in [1.54, 1.807) is 24.3 Å². The number of nitrogens with two attached hydrogens (primary N) is 1. The van der Waals surface area contributed by atoms with Gasteiger partial charge in [0, 0.05) is 12.1 Å². The molecule has 108 valence electrons. The van der Waals surface area contributed by atoms with E-state index in [-0.39, 0.29) is 12.7 Å². The Bertz CT molecular complexity index is 731. The summed E-state index contributed by atoms with van der Waals surface area (Å²) < 4.78 is 10.5. The van der Waals surface area contributed by atoms with Crippen LogP contribution >= 0.6 is 11.6 Å². The van der Waals surface area contributed by atoms with E-state index in [0.29, 0.717) is 33.5 Å². The smallest absolute Gasteiger partial charge is 0.257 e. The van der Waals surface area contributed by atoms with Crippen molar-refractivity contribution in [3.05, 3.63) is 46.5 Å². The first-order valence-corrected chi connectivity index (χ1v) is 6.69. The van der Waals surface area contributed by atoms with Gasteiger partial charge in [0.25, 0.3) is 5.91 Å². The average molecular weight is 305 g/mol. The lowest BCUT2D eigenvalue weighted by Crippen LogP contribution is -2.13. The normalized spacial score (nSPS) is 12.3. The van der Waals surface area contributed by atoms with Crippen LogP contribution in [0.1, 0.15) is 15.9 Å². The molecule has 0 spiro atoms.